The van der Waals surface area contributed by atoms with Crippen LogP contribution in [0.15, 0.2) is 36.4 Å². The Balaban J connectivity index is 2.22. The molecule has 0 aliphatic carbocycles. The number of carbonyl (C=O) groups is 1. The highest BCUT2D eigenvalue weighted by atomic mass is 35.5. The van der Waals surface area contributed by atoms with Gasteiger partial charge in [0, 0.05) is 9.90 Å². The summed E-state index contributed by atoms with van der Waals surface area (Å²) in [6.07, 6.45) is 0.434. The minimum atomic E-state index is -0.844. The quantitative estimate of drug-likeness (QED) is 0.905. The van der Waals surface area contributed by atoms with Crippen molar-refractivity contribution in [3.8, 4) is 0 Å². The predicted molar refractivity (Wildman–Crippen MR) is 74.9 cm³/mol. The van der Waals surface area contributed by atoms with E-state index in [1.807, 2.05) is 12.1 Å². The van der Waals surface area contributed by atoms with Crippen molar-refractivity contribution in [3.05, 3.63) is 56.2 Å². The number of carboxylic acid groups (broad SMARTS) is 1. The average Bonchev–Trinajstić information content (AvgIpc) is 2.74. The fraction of sp³-hybridized carbons (Fsp3) is 0.154. The summed E-state index contributed by atoms with van der Waals surface area (Å²) in [6, 6.07) is 10.7. The van der Waals surface area contributed by atoms with E-state index in [9.17, 15) is 9.90 Å². The van der Waals surface area contributed by atoms with Crippen LogP contribution >= 0.6 is 34.5 Å². The molecule has 0 amide bonds. The van der Waals surface area contributed by atoms with Gasteiger partial charge in [-0.2, -0.15) is 0 Å². The van der Waals surface area contributed by atoms with E-state index < -0.39 is 11.9 Å². The Morgan fingerprint density at radius 1 is 1.17 bits per heavy atom. The number of thiophene rings is 1. The van der Waals surface area contributed by atoms with Crippen molar-refractivity contribution in [2.45, 2.75) is 12.3 Å². The SMILES string of the molecule is O=C(O)C(Cc1ccc(Cl)cc1)c1ccc(Cl)s1. The second-order valence-corrected chi connectivity index (χ2v) is 6.05. The molecule has 5 heteroatoms. The Hall–Kier alpha value is -1.03. The van der Waals surface area contributed by atoms with Crippen molar-refractivity contribution in [2.75, 3.05) is 0 Å². The standard InChI is InChI=1S/C13H10Cl2O2S/c14-9-3-1-8(2-4-9)7-10(13(16)17)11-5-6-12(15)18-11/h1-6,10H,7H2,(H,16,17). The van der Waals surface area contributed by atoms with Gasteiger partial charge in [0.1, 0.15) is 0 Å². The zero-order chi connectivity index (χ0) is 13.1. The van der Waals surface area contributed by atoms with Crippen molar-refractivity contribution >= 4 is 40.5 Å². The van der Waals surface area contributed by atoms with Crippen LogP contribution in [0.2, 0.25) is 9.36 Å². The van der Waals surface area contributed by atoms with Crippen molar-refractivity contribution in [1.82, 2.24) is 0 Å². The van der Waals surface area contributed by atoms with Gasteiger partial charge in [-0.15, -0.1) is 11.3 Å². The second kappa shape index (κ2) is 5.74. The molecule has 18 heavy (non-hydrogen) atoms. The van der Waals surface area contributed by atoms with Gasteiger partial charge in [0.15, 0.2) is 0 Å². The molecule has 94 valence electrons. The third-order valence-electron chi connectivity index (χ3n) is 2.59. The lowest BCUT2D eigenvalue weighted by atomic mass is 9.98. The van der Waals surface area contributed by atoms with Crippen molar-refractivity contribution < 1.29 is 9.90 Å². The lowest BCUT2D eigenvalue weighted by Crippen LogP contribution is -2.13. The molecule has 0 aliphatic rings. The number of hydrogen-bond donors (Lipinski definition) is 1. The highest BCUT2D eigenvalue weighted by Gasteiger charge is 2.22. The number of halogens is 2. The van der Waals surface area contributed by atoms with Gasteiger partial charge in [-0.3, -0.25) is 4.79 Å². The monoisotopic (exact) mass is 300 g/mol. The largest absolute Gasteiger partial charge is 0.481 e. The van der Waals surface area contributed by atoms with E-state index in [0.29, 0.717) is 15.8 Å². The van der Waals surface area contributed by atoms with Gasteiger partial charge in [-0.25, -0.2) is 0 Å². The first-order valence-electron chi connectivity index (χ1n) is 5.29. The maximum atomic E-state index is 11.3. The molecule has 2 nitrogen and oxygen atoms in total. The zero-order valence-corrected chi connectivity index (χ0v) is 11.6. The minimum Gasteiger partial charge on any atom is -0.481 e. The average molecular weight is 301 g/mol. The predicted octanol–water partition coefficient (Wildman–Crippen LogP) is 4.47. The van der Waals surface area contributed by atoms with E-state index in [4.69, 9.17) is 23.2 Å². The lowest BCUT2D eigenvalue weighted by molar-refractivity contribution is -0.138. The molecular formula is C13H10Cl2O2S. The Labute approximate surface area is 119 Å². The summed E-state index contributed by atoms with van der Waals surface area (Å²) in [6.45, 7) is 0. The van der Waals surface area contributed by atoms with Gasteiger partial charge in [-0.1, -0.05) is 35.3 Å². The third kappa shape index (κ3) is 3.25. The van der Waals surface area contributed by atoms with E-state index >= 15 is 0 Å². The normalized spacial score (nSPS) is 12.3. The van der Waals surface area contributed by atoms with Crippen molar-refractivity contribution in [2.24, 2.45) is 0 Å². The van der Waals surface area contributed by atoms with Crippen LogP contribution in [0.25, 0.3) is 0 Å². The fourth-order valence-electron chi connectivity index (χ4n) is 1.68. The Kier molecular flexibility index (Phi) is 4.27. The smallest absolute Gasteiger partial charge is 0.312 e. The maximum absolute atomic E-state index is 11.3. The van der Waals surface area contributed by atoms with Gasteiger partial charge in [-0.05, 0) is 36.2 Å². The molecule has 2 rings (SSSR count). The summed E-state index contributed by atoms with van der Waals surface area (Å²) in [5.74, 6) is -1.41. The van der Waals surface area contributed by atoms with Crippen LogP contribution in [0.4, 0.5) is 0 Å². The third-order valence-corrected chi connectivity index (χ3v) is 4.19. The molecule has 1 aromatic carbocycles. The summed E-state index contributed by atoms with van der Waals surface area (Å²) < 4.78 is 0.604. The Morgan fingerprint density at radius 2 is 1.83 bits per heavy atom. The van der Waals surface area contributed by atoms with E-state index in [-0.39, 0.29) is 0 Å². The summed E-state index contributed by atoms with van der Waals surface area (Å²) >= 11 is 12.9. The van der Waals surface area contributed by atoms with E-state index in [1.54, 1.807) is 24.3 Å². The molecule has 2 aromatic rings. The van der Waals surface area contributed by atoms with E-state index in [0.717, 1.165) is 10.4 Å². The number of aliphatic carboxylic acids is 1. The molecule has 0 bridgehead atoms. The molecule has 0 saturated carbocycles. The molecule has 1 N–H and O–H groups in total. The van der Waals surface area contributed by atoms with Crippen molar-refractivity contribution in [1.29, 1.82) is 0 Å². The van der Waals surface area contributed by atoms with Gasteiger partial charge in [0.25, 0.3) is 0 Å². The molecule has 1 aromatic heterocycles. The highest BCUT2D eigenvalue weighted by molar-refractivity contribution is 7.16. The van der Waals surface area contributed by atoms with Crippen LogP contribution in [-0.2, 0) is 11.2 Å². The number of carboxylic acids is 1. The van der Waals surface area contributed by atoms with Crippen LogP contribution in [0.5, 0.6) is 0 Å². The summed E-state index contributed by atoms with van der Waals surface area (Å²) in [4.78, 5) is 12.1. The Bertz CT molecular complexity index is 548. The number of benzene rings is 1. The molecule has 0 aliphatic heterocycles. The van der Waals surface area contributed by atoms with E-state index in [1.165, 1.54) is 11.3 Å². The molecule has 0 saturated heterocycles. The van der Waals surface area contributed by atoms with Gasteiger partial charge in [0.2, 0.25) is 0 Å². The van der Waals surface area contributed by atoms with Crippen molar-refractivity contribution in [3.63, 3.8) is 0 Å². The molecule has 0 radical (unpaired) electrons. The van der Waals surface area contributed by atoms with Gasteiger partial charge >= 0.3 is 5.97 Å². The van der Waals surface area contributed by atoms with Crippen LogP contribution in [0.1, 0.15) is 16.4 Å². The molecular weight excluding hydrogens is 291 g/mol. The molecule has 1 heterocycles. The zero-order valence-electron chi connectivity index (χ0n) is 9.27. The maximum Gasteiger partial charge on any atom is 0.312 e. The van der Waals surface area contributed by atoms with Crippen LogP contribution < -0.4 is 0 Å². The van der Waals surface area contributed by atoms with Crippen LogP contribution in [0.3, 0.4) is 0 Å². The van der Waals surface area contributed by atoms with E-state index in [2.05, 4.69) is 0 Å². The first-order chi connectivity index (χ1) is 8.56. The molecule has 0 spiro atoms. The second-order valence-electron chi connectivity index (χ2n) is 3.86. The minimum absolute atomic E-state index is 0.434. The molecule has 0 fully saturated rings. The number of rotatable bonds is 4. The Morgan fingerprint density at radius 3 is 2.33 bits per heavy atom. The summed E-state index contributed by atoms with van der Waals surface area (Å²) in [5.41, 5.74) is 0.941. The summed E-state index contributed by atoms with van der Waals surface area (Å²) in [7, 11) is 0. The molecule has 1 atom stereocenters. The molecule has 1 unspecified atom stereocenters. The first-order valence-corrected chi connectivity index (χ1v) is 6.86. The highest BCUT2D eigenvalue weighted by Crippen LogP contribution is 2.31. The van der Waals surface area contributed by atoms with Crippen LogP contribution in [-0.4, -0.2) is 11.1 Å². The first kappa shape index (κ1) is 13.4. The van der Waals surface area contributed by atoms with Crippen LogP contribution in [0, 0.1) is 0 Å². The summed E-state index contributed by atoms with van der Waals surface area (Å²) in [5, 5.41) is 9.93. The lowest BCUT2D eigenvalue weighted by Gasteiger charge is -2.10. The topological polar surface area (TPSA) is 37.3 Å². The fourth-order valence-corrected chi connectivity index (χ4v) is 2.96. The number of hydrogen-bond acceptors (Lipinski definition) is 2. The van der Waals surface area contributed by atoms with Gasteiger partial charge in [0.05, 0.1) is 10.3 Å². The van der Waals surface area contributed by atoms with Gasteiger partial charge < -0.3 is 5.11 Å².